The molecule has 0 atom stereocenters. The molecule has 0 aliphatic heterocycles. The third-order valence-corrected chi connectivity index (χ3v) is 3.78. The van der Waals surface area contributed by atoms with Gasteiger partial charge in [-0.15, -0.1) is 0 Å². The van der Waals surface area contributed by atoms with E-state index in [4.69, 9.17) is 22.7 Å². The lowest BCUT2D eigenvalue weighted by molar-refractivity contribution is 0.0975. The lowest BCUT2D eigenvalue weighted by Crippen LogP contribution is -2.41. The van der Waals surface area contributed by atoms with Crippen molar-refractivity contribution in [1.29, 1.82) is 0 Å². The first kappa shape index (κ1) is 17.4. The molecule has 0 fully saturated rings. The number of benzene rings is 2. The van der Waals surface area contributed by atoms with Crippen molar-refractivity contribution in [2.75, 3.05) is 19.1 Å². The van der Waals surface area contributed by atoms with Crippen LogP contribution >= 0.6 is 12.2 Å². The summed E-state index contributed by atoms with van der Waals surface area (Å²) < 4.78 is 5.05. The van der Waals surface area contributed by atoms with Gasteiger partial charge < -0.3 is 15.4 Å². The number of nitrogens with two attached hydrogens (primary N) is 1. The maximum absolute atomic E-state index is 12.3. The van der Waals surface area contributed by atoms with Crippen LogP contribution in [0.4, 0.5) is 5.69 Å². The molecule has 6 nitrogen and oxygen atoms in total. The molecule has 0 aliphatic rings. The Labute approximate surface area is 145 Å². The maximum atomic E-state index is 12.3. The predicted octanol–water partition coefficient (Wildman–Crippen LogP) is 1.95. The van der Waals surface area contributed by atoms with Crippen molar-refractivity contribution in [3.63, 3.8) is 0 Å². The summed E-state index contributed by atoms with van der Waals surface area (Å²) in [6.45, 7) is 0. The molecule has 0 bridgehead atoms. The molecule has 0 aromatic heterocycles. The Morgan fingerprint density at radius 1 is 1.12 bits per heavy atom. The fourth-order valence-electron chi connectivity index (χ4n) is 2.08. The summed E-state index contributed by atoms with van der Waals surface area (Å²) in [6.07, 6.45) is 0. The molecule has 2 aromatic carbocycles. The quantitative estimate of drug-likeness (QED) is 0.829. The number of methoxy groups -OCH3 is 1. The SMILES string of the molecule is COc1ccc(C(=O)NC(=S)N(C)c2ccccc2C(N)=O)cc1. The van der Waals surface area contributed by atoms with E-state index in [0.29, 0.717) is 22.6 Å². The molecule has 2 rings (SSSR count). The molecule has 2 aromatic rings. The van der Waals surface area contributed by atoms with Gasteiger partial charge in [0, 0.05) is 12.6 Å². The Bertz CT molecular complexity index is 775. The van der Waals surface area contributed by atoms with Gasteiger partial charge in [-0.1, -0.05) is 12.1 Å². The van der Waals surface area contributed by atoms with Crippen LogP contribution in [0.25, 0.3) is 0 Å². The van der Waals surface area contributed by atoms with Gasteiger partial charge in [-0.25, -0.2) is 0 Å². The summed E-state index contributed by atoms with van der Waals surface area (Å²) in [6, 6.07) is 13.4. The number of carbonyl (C=O) groups is 2. The van der Waals surface area contributed by atoms with Gasteiger partial charge in [-0.3, -0.25) is 14.9 Å². The van der Waals surface area contributed by atoms with Crippen LogP contribution in [0, 0.1) is 0 Å². The second kappa shape index (κ2) is 7.56. The zero-order valence-electron chi connectivity index (χ0n) is 13.3. The Kier molecular flexibility index (Phi) is 5.49. The van der Waals surface area contributed by atoms with Crippen molar-refractivity contribution < 1.29 is 14.3 Å². The Morgan fingerprint density at radius 2 is 1.75 bits per heavy atom. The summed E-state index contributed by atoms with van der Waals surface area (Å²) >= 11 is 5.25. The summed E-state index contributed by atoms with van der Waals surface area (Å²) in [5, 5.41) is 2.78. The second-order valence-corrected chi connectivity index (χ2v) is 5.31. The van der Waals surface area contributed by atoms with Crippen LogP contribution in [0.1, 0.15) is 20.7 Å². The van der Waals surface area contributed by atoms with Crippen molar-refractivity contribution in [2.24, 2.45) is 5.73 Å². The van der Waals surface area contributed by atoms with Crippen LogP contribution < -0.4 is 20.7 Å². The number of para-hydroxylation sites is 1. The number of primary amides is 1. The molecule has 0 radical (unpaired) electrons. The third kappa shape index (κ3) is 3.88. The number of anilines is 1. The van der Waals surface area contributed by atoms with E-state index in [-0.39, 0.29) is 11.0 Å². The minimum Gasteiger partial charge on any atom is -0.497 e. The third-order valence-electron chi connectivity index (χ3n) is 3.41. The zero-order valence-corrected chi connectivity index (χ0v) is 14.1. The van der Waals surface area contributed by atoms with Crippen molar-refractivity contribution in [3.05, 3.63) is 59.7 Å². The monoisotopic (exact) mass is 343 g/mol. The zero-order chi connectivity index (χ0) is 17.7. The van der Waals surface area contributed by atoms with E-state index in [1.807, 2.05) is 0 Å². The number of nitrogens with zero attached hydrogens (tertiary/aromatic N) is 1. The Balaban J connectivity index is 2.14. The first-order valence-corrected chi connectivity index (χ1v) is 7.46. The highest BCUT2D eigenvalue weighted by Crippen LogP contribution is 2.19. The number of thiocarbonyl (C=S) groups is 1. The lowest BCUT2D eigenvalue weighted by Gasteiger charge is -2.22. The Hall–Kier alpha value is -2.93. The normalized spacial score (nSPS) is 9.92. The highest BCUT2D eigenvalue weighted by molar-refractivity contribution is 7.80. The first-order valence-electron chi connectivity index (χ1n) is 7.06. The van der Waals surface area contributed by atoms with Crippen LogP contribution in [0.3, 0.4) is 0 Å². The average molecular weight is 343 g/mol. The fourth-order valence-corrected chi connectivity index (χ4v) is 2.27. The molecule has 124 valence electrons. The molecule has 0 spiro atoms. The summed E-state index contributed by atoms with van der Waals surface area (Å²) in [4.78, 5) is 25.3. The summed E-state index contributed by atoms with van der Waals surface area (Å²) in [5.41, 5.74) is 6.64. The van der Waals surface area contributed by atoms with Gasteiger partial charge >= 0.3 is 0 Å². The molecule has 0 saturated heterocycles. The molecule has 7 heteroatoms. The number of amides is 2. The number of rotatable bonds is 4. The van der Waals surface area contributed by atoms with E-state index >= 15 is 0 Å². The molecule has 2 amide bonds. The van der Waals surface area contributed by atoms with Gasteiger partial charge in [0.05, 0.1) is 18.4 Å². The molecule has 3 N–H and O–H groups in total. The Morgan fingerprint density at radius 3 is 2.33 bits per heavy atom. The van der Waals surface area contributed by atoms with Gasteiger partial charge in [0.25, 0.3) is 11.8 Å². The average Bonchev–Trinajstić information content (AvgIpc) is 2.60. The molecule has 0 heterocycles. The first-order chi connectivity index (χ1) is 11.4. The van der Waals surface area contributed by atoms with E-state index in [2.05, 4.69) is 5.32 Å². The van der Waals surface area contributed by atoms with Crippen LogP contribution in [-0.2, 0) is 0 Å². The van der Waals surface area contributed by atoms with Crippen molar-refractivity contribution in [2.45, 2.75) is 0 Å². The fraction of sp³-hybridized carbons (Fsp3) is 0.118. The van der Waals surface area contributed by atoms with Crippen molar-refractivity contribution in [3.8, 4) is 5.75 Å². The minimum absolute atomic E-state index is 0.157. The summed E-state index contributed by atoms with van der Waals surface area (Å²) in [7, 11) is 3.20. The van der Waals surface area contributed by atoms with Gasteiger partial charge in [-0.2, -0.15) is 0 Å². The predicted molar refractivity (Wildman–Crippen MR) is 96.4 cm³/mol. The number of nitrogens with one attached hydrogen (secondary N) is 1. The van der Waals surface area contributed by atoms with Crippen LogP contribution in [0.15, 0.2) is 48.5 Å². The van der Waals surface area contributed by atoms with E-state index in [9.17, 15) is 9.59 Å². The number of hydrogen-bond acceptors (Lipinski definition) is 4. The highest BCUT2D eigenvalue weighted by Gasteiger charge is 2.16. The summed E-state index contributed by atoms with van der Waals surface area (Å²) in [5.74, 6) is -0.269. The maximum Gasteiger partial charge on any atom is 0.257 e. The molecule has 0 aliphatic carbocycles. The van der Waals surface area contributed by atoms with E-state index < -0.39 is 5.91 Å². The molecular weight excluding hydrogens is 326 g/mol. The van der Waals surface area contributed by atoms with E-state index in [1.54, 1.807) is 62.7 Å². The largest absolute Gasteiger partial charge is 0.497 e. The van der Waals surface area contributed by atoms with Gasteiger partial charge in [0.1, 0.15) is 5.75 Å². The van der Waals surface area contributed by atoms with E-state index in [1.165, 1.54) is 4.90 Å². The molecule has 0 unspecified atom stereocenters. The lowest BCUT2D eigenvalue weighted by atomic mass is 10.1. The van der Waals surface area contributed by atoms with Crippen molar-refractivity contribution in [1.82, 2.24) is 5.32 Å². The van der Waals surface area contributed by atoms with Crippen LogP contribution in [0.5, 0.6) is 5.75 Å². The topological polar surface area (TPSA) is 84.7 Å². The number of carbonyl (C=O) groups excluding carboxylic acids is 2. The number of ether oxygens (including phenoxy) is 1. The van der Waals surface area contributed by atoms with E-state index in [0.717, 1.165) is 0 Å². The van der Waals surface area contributed by atoms with Crippen LogP contribution in [0.2, 0.25) is 0 Å². The minimum atomic E-state index is -0.568. The molecule has 0 saturated carbocycles. The molecular formula is C17H17N3O3S. The smallest absolute Gasteiger partial charge is 0.257 e. The van der Waals surface area contributed by atoms with Crippen molar-refractivity contribution >= 4 is 34.8 Å². The van der Waals surface area contributed by atoms with Gasteiger partial charge in [0.2, 0.25) is 0 Å². The number of hydrogen-bond donors (Lipinski definition) is 2. The molecule has 24 heavy (non-hydrogen) atoms. The van der Waals surface area contributed by atoms with Crippen LogP contribution in [-0.4, -0.2) is 31.1 Å². The van der Waals surface area contributed by atoms with Gasteiger partial charge in [0.15, 0.2) is 5.11 Å². The highest BCUT2D eigenvalue weighted by atomic mass is 32.1. The second-order valence-electron chi connectivity index (χ2n) is 4.93. The van der Waals surface area contributed by atoms with Gasteiger partial charge in [-0.05, 0) is 48.6 Å². The standard InChI is InChI=1S/C17H17N3O3S/c1-20(14-6-4-3-5-13(14)15(18)21)17(24)19-16(22)11-7-9-12(23-2)10-8-11/h3-10H,1-2H3,(H2,18,21)(H,19,22,24).